The molecule has 0 aliphatic carbocycles. The lowest BCUT2D eigenvalue weighted by Gasteiger charge is -2.26. The Morgan fingerprint density at radius 2 is 1.91 bits per heavy atom. The zero-order valence-corrected chi connectivity index (χ0v) is 19.1. The topological polar surface area (TPSA) is 69.3 Å². The van der Waals surface area contributed by atoms with Crippen LogP contribution < -0.4 is 24.3 Å². The van der Waals surface area contributed by atoms with E-state index in [1.165, 1.54) is 5.56 Å². The fourth-order valence-corrected chi connectivity index (χ4v) is 4.51. The smallest absolute Gasteiger partial charge is 0.234 e. The molecule has 2 aromatic carbocycles. The molecular formula is C25H32N2O5. The van der Waals surface area contributed by atoms with E-state index in [9.17, 15) is 4.79 Å². The molecule has 2 atom stereocenters. The largest absolute Gasteiger partial charge is 0.497 e. The van der Waals surface area contributed by atoms with Crippen molar-refractivity contribution >= 4 is 5.91 Å². The number of benzene rings is 2. The number of methoxy groups -OCH3 is 2. The highest BCUT2D eigenvalue weighted by Crippen LogP contribution is 2.38. The van der Waals surface area contributed by atoms with Crippen LogP contribution >= 0.6 is 0 Å². The molecule has 2 heterocycles. The van der Waals surface area contributed by atoms with Gasteiger partial charge in [0, 0.05) is 18.0 Å². The Kier molecular flexibility index (Phi) is 7.05. The van der Waals surface area contributed by atoms with Crippen molar-refractivity contribution in [3.8, 4) is 23.0 Å². The van der Waals surface area contributed by atoms with Crippen molar-refractivity contribution in [2.24, 2.45) is 0 Å². The number of hydrogen-bond donors (Lipinski definition) is 1. The molecule has 32 heavy (non-hydrogen) atoms. The Labute approximate surface area is 189 Å². The number of amides is 1. The van der Waals surface area contributed by atoms with Gasteiger partial charge in [-0.25, -0.2) is 0 Å². The van der Waals surface area contributed by atoms with Crippen LogP contribution in [0, 0.1) is 0 Å². The fraction of sp³-hybridized carbons (Fsp3) is 0.480. The second kappa shape index (κ2) is 10.1. The number of likely N-dealkylation sites (tertiary alicyclic amines) is 1. The van der Waals surface area contributed by atoms with Gasteiger partial charge in [0.2, 0.25) is 5.91 Å². The van der Waals surface area contributed by atoms with Gasteiger partial charge in [0.15, 0.2) is 11.5 Å². The van der Waals surface area contributed by atoms with Crippen LogP contribution in [0.4, 0.5) is 0 Å². The second-order valence-electron chi connectivity index (χ2n) is 8.28. The first-order valence-corrected chi connectivity index (χ1v) is 11.2. The van der Waals surface area contributed by atoms with Gasteiger partial charge in [-0.2, -0.15) is 0 Å². The SMILES string of the molecule is COc1ccc(OC)c([C@H](C)NC(=O)CN2CCC[C@H]2c2ccc3c(c2)OCCCO3)c1. The first-order valence-electron chi connectivity index (χ1n) is 11.2. The van der Waals surface area contributed by atoms with Gasteiger partial charge in [-0.05, 0) is 62.2 Å². The molecule has 1 saturated heterocycles. The molecule has 2 aliphatic rings. The number of carbonyl (C=O) groups excluding carboxylic acids is 1. The zero-order valence-electron chi connectivity index (χ0n) is 19.1. The molecule has 172 valence electrons. The van der Waals surface area contributed by atoms with E-state index in [0.29, 0.717) is 19.8 Å². The molecule has 0 radical (unpaired) electrons. The number of rotatable bonds is 7. The van der Waals surface area contributed by atoms with Gasteiger partial charge in [0.25, 0.3) is 0 Å². The molecule has 2 aliphatic heterocycles. The van der Waals surface area contributed by atoms with E-state index < -0.39 is 0 Å². The van der Waals surface area contributed by atoms with Crippen molar-refractivity contribution in [2.45, 2.75) is 38.3 Å². The predicted octanol–water partition coefficient (Wildman–Crippen LogP) is 3.88. The highest BCUT2D eigenvalue weighted by atomic mass is 16.5. The zero-order chi connectivity index (χ0) is 22.5. The summed E-state index contributed by atoms with van der Waals surface area (Å²) in [7, 11) is 3.26. The third-order valence-electron chi connectivity index (χ3n) is 6.15. The highest BCUT2D eigenvalue weighted by Gasteiger charge is 2.29. The summed E-state index contributed by atoms with van der Waals surface area (Å²) < 4.78 is 22.4. The minimum atomic E-state index is -0.202. The molecule has 0 aromatic heterocycles. The number of carbonyl (C=O) groups is 1. The van der Waals surface area contributed by atoms with E-state index >= 15 is 0 Å². The molecular weight excluding hydrogens is 408 g/mol. The van der Waals surface area contributed by atoms with E-state index in [4.69, 9.17) is 18.9 Å². The van der Waals surface area contributed by atoms with Crippen LogP contribution in [0.15, 0.2) is 36.4 Å². The first-order chi connectivity index (χ1) is 15.6. The molecule has 7 heteroatoms. The number of ether oxygens (including phenoxy) is 4. The van der Waals surface area contributed by atoms with E-state index in [1.807, 2.05) is 31.2 Å². The standard InChI is InChI=1S/C25H32N2O5/c1-17(20-15-19(29-2)8-10-22(20)30-3)26-25(28)16-27-11-4-6-21(27)18-7-9-23-24(14-18)32-13-5-12-31-23/h7-10,14-15,17,21H,4-6,11-13,16H2,1-3H3,(H,26,28)/t17-,21-/m0/s1. The van der Waals surface area contributed by atoms with Gasteiger partial charge in [0.1, 0.15) is 11.5 Å². The van der Waals surface area contributed by atoms with Crippen molar-refractivity contribution < 1.29 is 23.7 Å². The Morgan fingerprint density at radius 1 is 1.09 bits per heavy atom. The lowest BCUT2D eigenvalue weighted by atomic mass is 10.0. The molecule has 0 unspecified atom stereocenters. The molecule has 1 N–H and O–H groups in total. The molecule has 0 bridgehead atoms. The third kappa shape index (κ3) is 4.93. The van der Waals surface area contributed by atoms with Crippen LogP contribution in [0.5, 0.6) is 23.0 Å². The maximum atomic E-state index is 12.9. The third-order valence-corrected chi connectivity index (χ3v) is 6.15. The molecule has 0 spiro atoms. The van der Waals surface area contributed by atoms with Crippen molar-refractivity contribution in [3.05, 3.63) is 47.5 Å². The van der Waals surface area contributed by atoms with Crippen LogP contribution in [-0.4, -0.2) is 51.3 Å². The molecule has 1 amide bonds. The summed E-state index contributed by atoms with van der Waals surface area (Å²) in [6.07, 6.45) is 2.97. The summed E-state index contributed by atoms with van der Waals surface area (Å²) in [4.78, 5) is 15.2. The quantitative estimate of drug-likeness (QED) is 0.705. The second-order valence-corrected chi connectivity index (χ2v) is 8.28. The molecule has 4 rings (SSSR count). The van der Waals surface area contributed by atoms with Crippen LogP contribution in [0.25, 0.3) is 0 Å². The van der Waals surface area contributed by atoms with Gasteiger partial charge >= 0.3 is 0 Å². The summed E-state index contributed by atoms with van der Waals surface area (Å²) in [6, 6.07) is 11.8. The Hall–Kier alpha value is -2.93. The van der Waals surface area contributed by atoms with Gasteiger partial charge in [-0.1, -0.05) is 6.07 Å². The molecule has 7 nitrogen and oxygen atoms in total. The fourth-order valence-electron chi connectivity index (χ4n) is 4.51. The summed E-state index contributed by atoms with van der Waals surface area (Å²) in [5, 5.41) is 3.12. The lowest BCUT2D eigenvalue weighted by Crippen LogP contribution is -2.38. The van der Waals surface area contributed by atoms with Crippen molar-refractivity contribution in [1.82, 2.24) is 10.2 Å². The van der Waals surface area contributed by atoms with Crippen LogP contribution in [0.1, 0.15) is 49.4 Å². The van der Waals surface area contributed by atoms with Gasteiger partial charge < -0.3 is 24.3 Å². The minimum absolute atomic E-state index is 0.0105. The number of hydrogen-bond acceptors (Lipinski definition) is 6. The van der Waals surface area contributed by atoms with Crippen LogP contribution in [-0.2, 0) is 4.79 Å². The van der Waals surface area contributed by atoms with Crippen molar-refractivity contribution in [2.75, 3.05) is 40.5 Å². The maximum absolute atomic E-state index is 12.9. The number of fused-ring (bicyclic) bond motifs is 1. The Morgan fingerprint density at radius 3 is 2.69 bits per heavy atom. The highest BCUT2D eigenvalue weighted by molar-refractivity contribution is 5.78. The Balaban J connectivity index is 1.42. The van der Waals surface area contributed by atoms with Gasteiger partial charge in [-0.15, -0.1) is 0 Å². The predicted molar refractivity (Wildman–Crippen MR) is 122 cm³/mol. The van der Waals surface area contributed by atoms with Gasteiger partial charge in [0.05, 0.1) is 40.0 Å². The number of nitrogens with zero attached hydrogens (tertiary/aromatic N) is 1. The van der Waals surface area contributed by atoms with Crippen LogP contribution in [0.3, 0.4) is 0 Å². The minimum Gasteiger partial charge on any atom is -0.497 e. The summed E-state index contributed by atoms with van der Waals surface area (Å²) in [6.45, 7) is 4.54. The summed E-state index contributed by atoms with van der Waals surface area (Å²) >= 11 is 0. The van der Waals surface area contributed by atoms with Crippen molar-refractivity contribution in [1.29, 1.82) is 0 Å². The Bertz CT molecular complexity index is 948. The van der Waals surface area contributed by atoms with Crippen LogP contribution in [0.2, 0.25) is 0 Å². The molecule has 1 fully saturated rings. The van der Waals surface area contributed by atoms with Gasteiger partial charge in [-0.3, -0.25) is 9.69 Å². The normalized spacial score (nSPS) is 19.2. The summed E-state index contributed by atoms with van der Waals surface area (Å²) in [5.41, 5.74) is 2.06. The lowest BCUT2D eigenvalue weighted by molar-refractivity contribution is -0.123. The molecule has 2 aromatic rings. The van der Waals surface area contributed by atoms with E-state index in [2.05, 4.69) is 22.3 Å². The van der Waals surface area contributed by atoms with E-state index in [1.54, 1.807) is 14.2 Å². The first kappa shape index (κ1) is 22.3. The molecule has 0 saturated carbocycles. The number of nitrogens with one attached hydrogen (secondary N) is 1. The maximum Gasteiger partial charge on any atom is 0.234 e. The van der Waals surface area contributed by atoms with E-state index in [0.717, 1.165) is 54.4 Å². The monoisotopic (exact) mass is 440 g/mol. The average molecular weight is 441 g/mol. The van der Waals surface area contributed by atoms with Crippen molar-refractivity contribution in [3.63, 3.8) is 0 Å². The summed E-state index contributed by atoms with van der Waals surface area (Å²) in [5.74, 6) is 3.05. The average Bonchev–Trinajstić information content (AvgIpc) is 3.13. The van der Waals surface area contributed by atoms with E-state index in [-0.39, 0.29) is 18.0 Å².